The van der Waals surface area contributed by atoms with E-state index in [2.05, 4.69) is 10.2 Å². The number of hydrogen-bond donors (Lipinski definition) is 1. The summed E-state index contributed by atoms with van der Waals surface area (Å²) < 4.78 is 21.3. The number of morpholine rings is 1. The lowest BCUT2D eigenvalue weighted by molar-refractivity contribution is -0.384. The van der Waals surface area contributed by atoms with Gasteiger partial charge in [0, 0.05) is 38.7 Å². The van der Waals surface area contributed by atoms with Crippen molar-refractivity contribution >= 4 is 45.8 Å². The van der Waals surface area contributed by atoms with E-state index in [0.29, 0.717) is 54.4 Å². The third-order valence-electron chi connectivity index (χ3n) is 6.39. The van der Waals surface area contributed by atoms with Crippen LogP contribution in [0, 0.1) is 10.1 Å². The third kappa shape index (κ3) is 6.24. The molecule has 39 heavy (non-hydrogen) atoms. The highest BCUT2D eigenvalue weighted by atomic mass is 32.2. The maximum Gasteiger partial charge on any atom is 0.296 e. The Kier molecular flexibility index (Phi) is 8.14. The molecule has 2 saturated heterocycles. The molecule has 3 aliphatic heterocycles. The number of benzene rings is 2. The van der Waals surface area contributed by atoms with Crippen LogP contribution in [-0.4, -0.2) is 90.3 Å². The van der Waals surface area contributed by atoms with E-state index >= 15 is 0 Å². The van der Waals surface area contributed by atoms with Crippen molar-refractivity contribution in [3.05, 3.63) is 46.5 Å². The summed E-state index contributed by atoms with van der Waals surface area (Å²) in [5.41, 5.74) is 0.315. The third-order valence-corrected chi connectivity index (χ3v) is 7.57. The smallest absolute Gasteiger partial charge is 0.296 e. The summed E-state index contributed by atoms with van der Waals surface area (Å²) in [5, 5.41) is 13.8. The van der Waals surface area contributed by atoms with Crippen LogP contribution in [0.5, 0.6) is 17.2 Å². The Morgan fingerprint density at radius 1 is 1.18 bits per heavy atom. The van der Waals surface area contributed by atoms with Gasteiger partial charge in [0.1, 0.15) is 16.7 Å². The molecule has 13 nitrogen and oxygen atoms in total. The first-order valence-corrected chi connectivity index (χ1v) is 13.2. The maximum atomic E-state index is 13.4. The molecule has 5 rings (SSSR count). The normalized spacial score (nSPS) is 19.9. The highest BCUT2D eigenvalue weighted by Gasteiger charge is 2.39. The van der Waals surface area contributed by atoms with E-state index in [-0.39, 0.29) is 30.5 Å². The van der Waals surface area contributed by atoms with Crippen LogP contribution in [0.15, 0.2) is 41.4 Å². The minimum Gasteiger partial charge on any atom is -0.496 e. The summed E-state index contributed by atoms with van der Waals surface area (Å²) in [6.45, 7) is 4.00. The van der Waals surface area contributed by atoms with Gasteiger partial charge in [-0.1, -0.05) is 11.8 Å². The number of ether oxygens (including phenoxy) is 4. The number of nitrogens with zero attached hydrogens (tertiary/aromatic N) is 4. The number of amidine groups is 1. The molecule has 1 N–H and O–H groups in total. The average molecular weight is 558 g/mol. The lowest BCUT2D eigenvalue weighted by atomic mass is 10.2. The summed E-state index contributed by atoms with van der Waals surface area (Å²) >= 11 is 1.19. The molecular formula is C25H27N5O8S. The molecule has 0 saturated carbocycles. The number of nitrogens with one attached hydrogen (secondary N) is 1. The van der Waals surface area contributed by atoms with Crippen LogP contribution >= 0.6 is 11.8 Å². The van der Waals surface area contributed by atoms with Crippen LogP contribution in [0.1, 0.15) is 6.42 Å². The van der Waals surface area contributed by atoms with E-state index in [9.17, 15) is 19.7 Å². The van der Waals surface area contributed by atoms with Gasteiger partial charge in [0.25, 0.3) is 5.69 Å². The number of aliphatic imine (C=N–C) groups is 1. The van der Waals surface area contributed by atoms with Gasteiger partial charge in [0.15, 0.2) is 16.7 Å². The Labute approximate surface area is 228 Å². The molecule has 0 bridgehead atoms. The second kappa shape index (κ2) is 11.9. The van der Waals surface area contributed by atoms with Crippen molar-refractivity contribution in [2.75, 3.05) is 58.6 Å². The first kappa shape index (κ1) is 26.7. The van der Waals surface area contributed by atoms with Crippen molar-refractivity contribution in [3.63, 3.8) is 0 Å². The summed E-state index contributed by atoms with van der Waals surface area (Å²) in [5.74, 6) is 0.726. The molecular weight excluding hydrogens is 530 g/mol. The molecule has 206 valence electrons. The van der Waals surface area contributed by atoms with Crippen molar-refractivity contribution in [2.24, 2.45) is 4.99 Å². The van der Waals surface area contributed by atoms with E-state index in [1.165, 1.54) is 37.1 Å². The summed E-state index contributed by atoms with van der Waals surface area (Å²) in [4.78, 5) is 45.7. The quantitative estimate of drug-likeness (QED) is 0.361. The number of fused-ring (bicyclic) bond motifs is 1. The molecule has 1 atom stereocenters. The molecule has 2 amide bonds. The summed E-state index contributed by atoms with van der Waals surface area (Å²) in [6, 6.07) is 9.42. The van der Waals surface area contributed by atoms with Crippen molar-refractivity contribution in [2.45, 2.75) is 11.7 Å². The zero-order chi connectivity index (χ0) is 27.4. The molecule has 14 heteroatoms. The van der Waals surface area contributed by atoms with Crippen molar-refractivity contribution in [1.82, 2.24) is 9.80 Å². The monoisotopic (exact) mass is 557 g/mol. The van der Waals surface area contributed by atoms with Crippen molar-refractivity contribution in [1.29, 1.82) is 0 Å². The number of nitro groups is 1. The van der Waals surface area contributed by atoms with Gasteiger partial charge in [0.2, 0.25) is 18.6 Å². The molecule has 2 aromatic carbocycles. The van der Waals surface area contributed by atoms with E-state index in [1.54, 1.807) is 23.1 Å². The minimum absolute atomic E-state index is 0.0275. The fourth-order valence-corrected chi connectivity index (χ4v) is 5.51. The Bertz CT molecular complexity index is 1300. The number of anilines is 1. The predicted molar refractivity (Wildman–Crippen MR) is 143 cm³/mol. The number of nitro benzene ring substituents is 1. The topological polar surface area (TPSA) is 145 Å². The van der Waals surface area contributed by atoms with Crippen LogP contribution in [0.3, 0.4) is 0 Å². The number of amides is 2. The highest BCUT2D eigenvalue weighted by molar-refractivity contribution is 8.15. The van der Waals surface area contributed by atoms with E-state index < -0.39 is 16.1 Å². The first-order chi connectivity index (χ1) is 18.9. The summed E-state index contributed by atoms with van der Waals surface area (Å²) in [7, 11) is 1.40. The molecule has 3 aliphatic rings. The fraction of sp³-hybridized carbons (Fsp3) is 0.400. The number of carbonyl (C=O) groups excluding carboxylic acids is 2. The second-order valence-electron chi connectivity index (χ2n) is 8.87. The lowest BCUT2D eigenvalue weighted by Crippen LogP contribution is -2.43. The summed E-state index contributed by atoms with van der Waals surface area (Å²) in [6.07, 6.45) is -0.180. The molecule has 3 heterocycles. The second-order valence-corrected chi connectivity index (χ2v) is 10.0. The molecule has 0 spiro atoms. The van der Waals surface area contributed by atoms with E-state index in [1.807, 2.05) is 0 Å². The van der Waals surface area contributed by atoms with Crippen LogP contribution in [-0.2, 0) is 14.3 Å². The number of methoxy groups -OCH3 is 1. The largest absolute Gasteiger partial charge is 0.496 e. The van der Waals surface area contributed by atoms with Crippen molar-refractivity contribution < 1.29 is 33.5 Å². The van der Waals surface area contributed by atoms with Crippen molar-refractivity contribution in [3.8, 4) is 17.2 Å². The standard InChI is InChI=1S/C25H27N5O8S/c1-35-17-3-4-18(19(13-17)30(33)34)27-23(31)14-22-24(32)29(7-6-28-8-10-36-11-9-28)25(39-22)26-16-2-5-20-21(12-16)38-15-37-20/h2-5,12-13,22H,6-11,14-15H2,1H3,(H,27,31)/t22-/m1/s1. The van der Waals surface area contributed by atoms with Gasteiger partial charge in [-0.2, -0.15) is 0 Å². The van der Waals surface area contributed by atoms with Gasteiger partial charge in [0.05, 0.1) is 37.0 Å². The molecule has 2 fully saturated rings. The van der Waals surface area contributed by atoms with Gasteiger partial charge in [-0.05, 0) is 24.3 Å². The predicted octanol–water partition coefficient (Wildman–Crippen LogP) is 2.62. The van der Waals surface area contributed by atoms with Gasteiger partial charge < -0.3 is 24.3 Å². The molecule has 2 aromatic rings. The van der Waals surface area contributed by atoms with Gasteiger partial charge in [-0.3, -0.25) is 29.5 Å². The van der Waals surface area contributed by atoms with Gasteiger partial charge in [-0.15, -0.1) is 0 Å². The molecule has 0 unspecified atom stereocenters. The number of hydrogen-bond acceptors (Lipinski definition) is 11. The Hall–Kier alpha value is -3.88. The van der Waals surface area contributed by atoms with Crippen LogP contribution in [0.2, 0.25) is 0 Å². The number of thioether (sulfide) groups is 1. The molecule has 0 radical (unpaired) electrons. The fourth-order valence-electron chi connectivity index (χ4n) is 4.33. The zero-order valence-corrected chi connectivity index (χ0v) is 22.0. The molecule has 0 aliphatic carbocycles. The minimum atomic E-state index is -0.736. The van der Waals surface area contributed by atoms with E-state index in [0.717, 1.165) is 13.1 Å². The number of rotatable bonds is 9. The number of carbonyl (C=O) groups is 2. The lowest BCUT2D eigenvalue weighted by Gasteiger charge is -2.28. The van der Waals surface area contributed by atoms with E-state index in [4.69, 9.17) is 23.9 Å². The first-order valence-electron chi connectivity index (χ1n) is 12.3. The van der Waals surface area contributed by atoms with Crippen LogP contribution in [0.4, 0.5) is 17.1 Å². The van der Waals surface area contributed by atoms with Gasteiger partial charge >= 0.3 is 0 Å². The van der Waals surface area contributed by atoms with Crippen LogP contribution < -0.4 is 19.5 Å². The van der Waals surface area contributed by atoms with Crippen LogP contribution in [0.25, 0.3) is 0 Å². The average Bonchev–Trinajstić information content (AvgIpc) is 3.52. The van der Waals surface area contributed by atoms with Gasteiger partial charge in [-0.25, -0.2) is 4.99 Å². The highest BCUT2D eigenvalue weighted by Crippen LogP contribution is 2.38. The Morgan fingerprint density at radius 2 is 1.97 bits per heavy atom. The molecule has 0 aromatic heterocycles. The SMILES string of the molecule is COc1ccc(NC(=O)C[C@H]2SC(=Nc3ccc4c(c3)OCO4)N(CCN3CCOCC3)C2=O)c([N+](=O)[O-])c1. The Morgan fingerprint density at radius 3 is 2.74 bits per heavy atom. The zero-order valence-electron chi connectivity index (χ0n) is 21.2. The Balaban J connectivity index is 1.32. The maximum absolute atomic E-state index is 13.4.